The number of hydrogen-bond donors (Lipinski definition) is 1. The number of aryl methyl sites for hydroxylation is 1. The van der Waals surface area contributed by atoms with Crippen LogP contribution in [0.2, 0.25) is 0 Å². The number of hydrogen-bond acceptors (Lipinski definition) is 5. The van der Waals surface area contributed by atoms with Crippen LogP contribution in [0.15, 0.2) is 36.1 Å². The van der Waals surface area contributed by atoms with E-state index in [2.05, 4.69) is 12.2 Å². The van der Waals surface area contributed by atoms with Crippen molar-refractivity contribution in [3.8, 4) is 5.75 Å². The summed E-state index contributed by atoms with van der Waals surface area (Å²) in [5.41, 5.74) is 3.90. The molecule has 4 rings (SSSR count). The number of nitrogens with one attached hydrogen (secondary N) is 1. The molecular formula is C23H23NO4S. The Bertz CT molecular complexity index is 1050. The molecule has 1 amide bonds. The van der Waals surface area contributed by atoms with Gasteiger partial charge in [0.2, 0.25) is 0 Å². The molecule has 1 aromatic carbocycles. The summed E-state index contributed by atoms with van der Waals surface area (Å²) in [5, 5.41) is 3.50. The van der Waals surface area contributed by atoms with Crippen LogP contribution >= 0.6 is 11.3 Å². The lowest BCUT2D eigenvalue weighted by Gasteiger charge is -2.18. The number of amides is 1. The minimum Gasteiger partial charge on any atom is -0.465 e. The number of thiophene rings is 1. The highest BCUT2D eigenvalue weighted by molar-refractivity contribution is 7.17. The molecular weight excluding hydrogens is 386 g/mol. The van der Waals surface area contributed by atoms with E-state index in [1.807, 2.05) is 25.1 Å². The zero-order valence-corrected chi connectivity index (χ0v) is 17.5. The van der Waals surface area contributed by atoms with Gasteiger partial charge in [-0.2, -0.15) is 0 Å². The van der Waals surface area contributed by atoms with E-state index in [-0.39, 0.29) is 5.91 Å². The van der Waals surface area contributed by atoms with Crippen molar-refractivity contribution in [3.05, 3.63) is 63.2 Å². The van der Waals surface area contributed by atoms with Gasteiger partial charge in [-0.3, -0.25) is 4.79 Å². The van der Waals surface area contributed by atoms with E-state index < -0.39 is 5.97 Å². The summed E-state index contributed by atoms with van der Waals surface area (Å²) >= 11 is 1.48. The normalized spacial score (nSPS) is 17.3. The number of esters is 1. The summed E-state index contributed by atoms with van der Waals surface area (Å²) in [6.07, 6.45) is 7.73. The van der Waals surface area contributed by atoms with E-state index >= 15 is 0 Å². The zero-order chi connectivity index (χ0) is 20.5. The summed E-state index contributed by atoms with van der Waals surface area (Å²) in [6, 6.07) is 5.82. The maximum atomic E-state index is 13.0. The Kier molecular flexibility index (Phi) is 5.28. The average molecular weight is 410 g/mol. The van der Waals surface area contributed by atoms with Gasteiger partial charge >= 0.3 is 5.97 Å². The second-order valence-corrected chi connectivity index (χ2v) is 8.67. The van der Waals surface area contributed by atoms with Crippen molar-refractivity contribution in [3.63, 3.8) is 0 Å². The van der Waals surface area contributed by atoms with E-state index in [0.717, 1.165) is 40.8 Å². The maximum Gasteiger partial charge on any atom is 0.341 e. The maximum absolute atomic E-state index is 13.0. The number of benzene rings is 1. The topological polar surface area (TPSA) is 64.6 Å². The average Bonchev–Trinajstić information content (AvgIpc) is 2.90. The van der Waals surface area contributed by atoms with Crippen LogP contribution in [0.3, 0.4) is 0 Å². The Morgan fingerprint density at radius 1 is 1.31 bits per heavy atom. The first-order chi connectivity index (χ1) is 14.0. The predicted octanol–water partition coefficient (Wildman–Crippen LogP) is 4.90. The molecule has 0 saturated carbocycles. The Labute approximate surface area is 174 Å². The van der Waals surface area contributed by atoms with Crippen LogP contribution in [-0.2, 0) is 22.4 Å². The number of carbonyl (C=O) groups is 2. The summed E-state index contributed by atoms with van der Waals surface area (Å²) in [7, 11) is 1.37. The summed E-state index contributed by atoms with van der Waals surface area (Å²) < 4.78 is 10.6. The van der Waals surface area contributed by atoms with Gasteiger partial charge in [0, 0.05) is 16.0 Å². The molecule has 29 heavy (non-hydrogen) atoms. The lowest BCUT2D eigenvalue weighted by molar-refractivity contribution is -0.112. The van der Waals surface area contributed by atoms with Crippen molar-refractivity contribution in [2.75, 3.05) is 12.4 Å². The van der Waals surface area contributed by atoms with Gasteiger partial charge in [-0.1, -0.05) is 18.6 Å². The lowest BCUT2D eigenvalue weighted by atomic mass is 9.88. The highest BCUT2D eigenvalue weighted by Crippen LogP contribution is 2.40. The number of rotatable bonds is 3. The van der Waals surface area contributed by atoms with Gasteiger partial charge in [-0.15, -0.1) is 11.3 Å². The van der Waals surface area contributed by atoms with E-state index in [4.69, 9.17) is 9.47 Å². The molecule has 6 heteroatoms. The van der Waals surface area contributed by atoms with E-state index in [1.165, 1.54) is 24.7 Å². The molecule has 1 aliphatic carbocycles. The van der Waals surface area contributed by atoms with Crippen molar-refractivity contribution in [2.24, 2.45) is 5.92 Å². The number of anilines is 1. The first-order valence-electron chi connectivity index (χ1n) is 9.66. The fourth-order valence-electron chi connectivity index (χ4n) is 3.76. The third-order valence-electron chi connectivity index (χ3n) is 5.31. The quantitative estimate of drug-likeness (QED) is 0.733. The molecule has 0 fully saturated rings. The van der Waals surface area contributed by atoms with Gasteiger partial charge in [-0.05, 0) is 62.0 Å². The fourth-order valence-corrected chi connectivity index (χ4v) is 5.15. The van der Waals surface area contributed by atoms with Crippen LogP contribution in [0.5, 0.6) is 5.75 Å². The number of fused-ring (bicyclic) bond motifs is 2. The largest absolute Gasteiger partial charge is 0.465 e. The standard InChI is InChI=1S/C23H23NO4S/c1-13-5-7-18-16(10-13)12-15(8-9-28-18)21(25)24-22-20(23(26)27-3)17-6-4-14(2)11-19(17)29-22/h5,7-10,12,14H,4,6,11H2,1-3H3,(H,24,25)/t14-/m1/s1. The summed E-state index contributed by atoms with van der Waals surface area (Å²) in [4.78, 5) is 26.6. The minimum absolute atomic E-state index is 0.281. The Balaban J connectivity index is 1.67. The molecule has 2 aliphatic rings. The Morgan fingerprint density at radius 2 is 2.14 bits per heavy atom. The predicted molar refractivity (Wildman–Crippen MR) is 114 cm³/mol. The van der Waals surface area contributed by atoms with Crippen molar-refractivity contribution >= 4 is 34.3 Å². The van der Waals surface area contributed by atoms with Gasteiger partial charge in [0.1, 0.15) is 10.8 Å². The second-order valence-electron chi connectivity index (χ2n) is 7.56. The van der Waals surface area contributed by atoms with E-state index in [1.54, 1.807) is 12.2 Å². The lowest BCUT2D eigenvalue weighted by Crippen LogP contribution is -2.16. The molecule has 150 valence electrons. The van der Waals surface area contributed by atoms with Crippen LogP contribution < -0.4 is 10.1 Å². The third kappa shape index (κ3) is 3.85. The molecule has 1 N–H and O–H groups in total. The summed E-state index contributed by atoms with van der Waals surface area (Å²) in [6.45, 7) is 4.20. The molecule has 0 radical (unpaired) electrons. The Morgan fingerprint density at radius 3 is 2.93 bits per heavy atom. The van der Waals surface area contributed by atoms with Crippen LogP contribution in [0.4, 0.5) is 5.00 Å². The third-order valence-corrected chi connectivity index (χ3v) is 6.48. The molecule has 0 saturated heterocycles. The van der Waals surface area contributed by atoms with Crippen molar-refractivity contribution < 1.29 is 19.1 Å². The van der Waals surface area contributed by atoms with E-state index in [9.17, 15) is 9.59 Å². The molecule has 0 unspecified atom stereocenters. The van der Waals surface area contributed by atoms with Crippen molar-refractivity contribution in [1.82, 2.24) is 0 Å². The van der Waals surface area contributed by atoms with Crippen LogP contribution in [0.1, 0.15) is 45.3 Å². The monoisotopic (exact) mass is 409 g/mol. The molecule has 0 spiro atoms. The number of ether oxygens (including phenoxy) is 2. The van der Waals surface area contributed by atoms with E-state index in [0.29, 0.717) is 27.8 Å². The highest BCUT2D eigenvalue weighted by atomic mass is 32.1. The number of methoxy groups -OCH3 is 1. The van der Waals surface area contributed by atoms with Crippen molar-refractivity contribution in [1.29, 1.82) is 0 Å². The van der Waals surface area contributed by atoms with Gasteiger partial charge < -0.3 is 14.8 Å². The molecule has 1 atom stereocenters. The Hall–Kier alpha value is -2.86. The molecule has 2 aromatic rings. The SMILES string of the molecule is COC(=O)c1c(NC(=O)C2=Cc3cc(C)ccc3OC=C2)sc2c1CC[C@@H](C)C2. The molecule has 0 bridgehead atoms. The molecule has 1 aliphatic heterocycles. The van der Waals surface area contributed by atoms with Crippen LogP contribution in [0, 0.1) is 12.8 Å². The van der Waals surface area contributed by atoms with Gasteiger partial charge in [-0.25, -0.2) is 4.79 Å². The molecule has 5 nitrogen and oxygen atoms in total. The number of carbonyl (C=O) groups excluding carboxylic acids is 2. The van der Waals surface area contributed by atoms with Crippen molar-refractivity contribution in [2.45, 2.75) is 33.1 Å². The van der Waals surface area contributed by atoms with Crippen LogP contribution in [0.25, 0.3) is 6.08 Å². The highest BCUT2D eigenvalue weighted by Gasteiger charge is 2.29. The first-order valence-corrected chi connectivity index (χ1v) is 10.5. The fraction of sp³-hybridized carbons (Fsp3) is 0.304. The molecule has 2 heterocycles. The van der Waals surface area contributed by atoms with Gasteiger partial charge in [0.05, 0.1) is 18.9 Å². The molecule has 1 aromatic heterocycles. The zero-order valence-electron chi connectivity index (χ0n) is 16.7. The minimum atomic E-state index is -0.401. The van der Waals surface area contributed by atoms with Gasteiger partial charge in [0.15, 0.2) is 0 Å². The van der Waals surface area contributed by atoms with Crippen LogP contribution in [-0.4, -0.2) is 19.0 Å². The summed E-state index contributed by atoms with van der Waals surface area (Å²) in [5.74, 6) is 0.586. The second kappa shape index (κ2) is 7.87. The van der Waals surface area contributed by atoms with Gasteiger partial charge in [0.25, 0.3) is 5.91 Å². The first kappa shape index (κ1) is 19.5. The smallest absolute Gasteiger partial charge is 0.341 e.